The number of hydrogen-bond acceptors (Lipinski definition) is 4. The zero-order chi connectivity index (χ0) is 19.3. The Morgan fingerprint density at radius 2 is 1.79 bits per heavy atom. The molecule has 28 heavy (non-hydrogen) atoms. The van der Waals surface area contributed by atoms with Crippen LogP contribution in [0.25, 0.3) is 0 Å². The number of amides is 1. The third kappa shape index (κ3) is 3.77. The summed E-state index contributed by atoms with van der Waals surface area (Å²) in [6.07, 6.45) is 10.6. The Kier molecular flexibility index (Phi) is 5.03. The van der Waals surface area contributed by atoms with Gasteiger partial charge in [-0.25, -0.2) is 4.98 Å². The van der Waals surface area contributed by atoms with Gasteiger partial charge in [0, 0.05) is 31.4 Å². The molecule has 4 nitrogen and oxygen atoms in total. The van der Waals surface area contributed by atoms with Crippen molar-refractivity contribution < 1.29 is 4.79 Å². The van der Waals surface area contributed by atoms with Crippen LogP contribution >= 0.6 is 11.3 Å². The molecule has 154 valence electrons. The average Bonchev–Trinajstić information content (AvgIpc) is 3.05. The fourth-order valence-corrected chi connectivity index (χ4v) is 8.03. The van der Waals surface area contributed by atoms with E-state index in [1.807, 2.05) is 0 Å². The molecule has 6 rings (SSSR count). The molecule has 0 aromatic carbocycles. The first kappa shape index (κ1) is 19.0. The lowest BCUT2D eigenvalue weighted by Gasteiger charge is -2.57. The van der Waals surface area contributed by atoms with E-state index < -0.39 is 0 Å². The maximum atomic E-state index is 13.2. The van der Waals surface area contributed by atoms with Gasteiger partial charge < -0.3 is 4.90 Å². The minimum absolute atomic E-state index is 0.229. The van der Waals surface area contributed by atoms with Gasteiger partial charge in [0.15, 0.2) is 0 Å². The molecule has 1 amide bonds. The van der Waals surface area contributed by atoms with Gasteiger partial charge in [-0.2, -0.15) is 0 Å². The third-order valence-corrected chi connectivity index (χ3v) is 8.93. The van der Waals surface area contributed by atoms with Crippen molar-refractivity contribution in [2.75, 3.05) is 26.7 Å². The smallest absolute Gasteiger partial charge is 0.225 e. The van der Waals surface area contributed by atoms with Crippen LogP contribution in [0.2, 0.25) is 0 Å². The number of aromatic nitrogens is 1. The summed E-state index contributed by atoms with van der Waals surface area (Å²) < 4.78 is 0. The fraction of sp³-hybridized carbons (Fsp3) is 0.826. The molecular weight excluding hydrogens is 366 g/mol. The van der Waals surface area contributed by atoms with E-state index in [0.717, 1.165) is 61.8 Å². The second-order valence-corrected chi connectivity index (χ2v) is 11.6. The fourth-order valence-electron chi connectivity index (χ4n) is 7.42. The Bertz CT molecular complexity index is 686. The molecule has 0 unspecified atom stereocenters. The molecule has 5 fully saturated rings. The second-order valence-electron chi connectivity index (χ2n) is 10.5. The zero-order valence-corrected chi connectivity index (χ0v) is 18.3. The molecule has 2 heterocycles. The van der Waals surface area contributed by atoms with E-state index in [-0.39, 0.29) is 5.92 Å². The molecule has 4 aliphatic carbocycles. The van der Waals surface area contributed by atoms with Crippen molar-refractivity contribution in [3.63, 3.8) is 0 Å². The van der Waals surface area contributed by atoms with Crippen LogP contribution in [0.15, 0.2) is 5.38 Å². The summed E-state index contributed by atoms with van der Waals surface area (Å²) in [5, 5.41) is 3.32. The van der Waals surface area contributed by atoms with Crippen LogP contribution in [-0.4, -0.2) is 47.4 Å². The summed E-state index contributed by atoms with van der Waals surface area (Å²) in [5.74, 6) is 3.54. The van der Waals surface area contributed by atoms with E-state index in [1.165, 1.54) is 44.2 Å². The molecule has 1 aliphatic heterocycles. The van der Waals surface area contributed by atoms with Gasteiger partial charge in [-0.3, -0.25) is 9.69 Å². The summed E-state index contributed by atoms with van der Waals surface area (Å²) in [6.45, 7) is 6.08. The standard InChI is InChI=1S/C23H35N3OS/c1-16-24-21(14-28-16)13-26-5-3-20(4-6-26)22(27)25(2)15-23-10-17-7-18(11-23)9-19(8-17)12-23/h14,17-20H,3-13,15H2,1-2H3. The molecule has 4 saturated carbocycles. The van der Waals surface area contributed by atoms with E-state index in [0.29, 0.717) is 11.3 Å². The Balaban J connectivity index is 1.14. The van der Waals surface area contributed by atoms with Crippen LogP contribution in [0.4, 0.5) is 0 Å². The number of aryl methyl sites for hydroxylation is 1. The number of thiazole rings is 1. The Hall–Kier alpha value is -0.940. The molecule has 4 bridgehead atoms. The molecule has 5 aliphatic rings. The number of carbonyl (C=O) groups is 1. The number of nitrogens with zero attached hydrogens (tertiary/aromatic N) is 3. The van der Waals surface area contributed by atoms with Gasteiger partial charge in [0.25, 0.3) is 0 Å². The highest BCUT2D eigenvalue weighted by atomic mass is 32.1. The second kappa shape index (κ2) is 7.39. The van der Waals surface area contributed by atoms with Crippen LogP contribution in [0.5, 0.6) is 0 Å². The molecule has 1 aromatic heterocycles. The molecule has 1 saturated heterocycles. The Morgan fingerprint density at radius 1 is 1.18 bits per heavy atom. The Morgan fingerprint density at radius 3 is 2.32 bits per heavy atom. The molecule has 0 atom stereocenters. The van der Waals surface area contributed by atoms with Gasteiger partial charge in [0.05, 0.1) is 10.7 Å². The van der Waals surface area contributed by atoms with Crippen molar-refractivity contribution in [1.29, 1.82) is 0 Å². The SMILES string of the molecule is Cc1nc(CN2CCC(C(=O)N(C)CC34CC5CC(CC(C5)C3)C4)CC2)cs1. The minimum Gasteiger partial charge on any atom is -0.345 e. The molecular formula is C23H35N3OS. The normalized spacial score (nSPS) is 35.4. The van der Waals surface area contributed by atoms with Gasteiger partial charge in [-0.15, -0.1) is 11.3 Å². The number of hydrogen-bond donors (Lipinski definition) is 0. The summed E-state index contributed by atoms with van der Waals surface area (Å²) in [6, 6.07) is 0. The summed E-state index contributed by atoms with van der Waals surface area (Å²) in [4.78, 5) is 22.4. The first-order chi connectivity index (χ1) is 13.5. The van der Waals surface area contributed by atoms with Gasteiger partial charge >= 0.3 is 0 Å². The third-order valence-electron chi connectivity index (χ3n) is 8.10. The van der Waals surface area contributed by atoms with Crippen LogP contribution in [0, 0.1) is 36.0 Å². The van der Waals surface area contributed by atoms with Gasteiger partial charge in [0.2, 0.25) is 5.91 Å². The maximum absolute atomic E-state index is 13.2. The zero-order valence-electron chi connectivity index (χ0n) is 17.5. The van der Waals surface area contributed by atoms with E-state index in [2.05, 4.69) is 34.1 Å². The number of likely N-dealkylation sites (tertiary alicyclic amines) is 1. The maximum Gasteiger partial charge on any atom is 0.225 e. The number of piperidine rings is 1. The van der Waals surface area contributed by atoms with Crippen molar-refractivity contribution in [1.82, 2.24) is 14.8 Å². The molecule has 0 N–H and O–H groups in total. The van der Waals surface area contributed by atoms with Crippen molar-refractivity contribution in [2.45, 2.75) is 64.8 Å². The average molecular weight is 402 g/mol. The van der Waals surface area contributed by atoms with Gasteiger partial charge in [0.1, 0.15) is 0 Å². The van der Waals surface area contributed by atoms with Crippen LogP contribution in [0.3, 0.4) is 0 Å². The van der Waals surface area contributed by atoms with Crippen molar-refractivity contribution in [2.24, 2.45) is 29.1 Å². The highest BCUT2D eigenvalue weighted by Gasteiger charge is 2.51. The van der Waals surface area contributed by atoms with Crippen molar-refractivity contribution in [3.8, 4) is 0 Å². The van der Waals surface area contributed by atoms with E-state index in [4.69, 9.17) is 0 Å². The van der Waals surface area contributed by atoms with Gasteiger partial charge in [-0.05, 0) is 94.5 Å². The number of rotatable bonds is 5. The summed E-state index contributed by atoms with van der Waals surface area (Å²) >= 11 is 1.73. The van der Waals surface area contributed by atoms with Crippen LogP contribution < -0.4 is 0 Å². The van der Waals surface area contributed by atoms with Crippen molar-refractivity contribution in [3.05, 3.63) is 16.1 Å². The van der Waals surface area contributed by atoms with Crippen LogP contribution in [-0.2, 0) is 11.3 Å². The lowest BCUT2D eigenvalue weighted by Crippen LogP contribution is -2.52. The van der Waals surface area contributed by atoms with Gasteiger partial charge in [-0.1, -0.05) is 0 Å². The lowest BCUT2D eigenvalue weighted by atomic mass is 9.49. The number of carbonyl (C=O) groups excluding carboxylic acids is 1. The molecule has 0 radical (unpaired) electrons. The Labute approximate surface area is 173 Å². The molecule has 0 spiro atoms. The first-order valence-electron chi connectivity index (χ1n) is 11.4. The highest BCUT2D eigenvalue weighted by Crippen LogP contribution is 2.60. The van der Waals surface area contributed by atoms with E-state index >= 15 is 0 Å². The molecule has 1 aromatic rings. The summed E-state index contributed by atoms with van der Waals surface area (Å²) in [5.41, 5.74) is 1.65. The monoisotopic (exact) mass is 401 g/mol. The van der Waals surface area contributed by atoms with E-state index in [9.17, 15) is 4.79 Å². The van der Waals surface area contributed by atoms with E-state index in [1.54, 1.807) is 11.3 Å². The quantitative estimate of drug-likeness (QED) is 0.736. The minimum atomic E-state index is 0.229. The summed E-state index contributed by atoms with van der Waals surface area (Å²) in [7, 11) is 2.09. The predicted octanol–water partition coefficient (Wildman–Crippen LogP) is 4.34. The van der Waals surface area contributed by atoms with Crippen LogP contribution in [0.1, 0.15) is 62.1 Å². The predicted molar refractivity (Wildman–Crippen MR) is 113 cm³/mol. The molecule has 5 heteroatoms. The van der Waals surface area contributed by atoms with Crippen molar-refractivity contribution >= 4 is 17.2 Å². The first-order valence-corrected chi connectivity index (χ1v) is 12.2. The lowest BCUT2D eigenvalue weighted by molar-refractivity contribution is -0.141. The highest BCUT2D eigenvalue weighted by molar-refractivity contribution is 7.09. The largest absolute Gasteiger partial charge is 0.345 e. The topological polar surface area (TPSA) is 36.4 Å².